The molecule has 2 aromatic rings. The van der Waals surface area contributed by atoms with E-state index in [1.165, 1.54) is 4.90 Å². The third kappa shape index (κ3) is 2.21. The molecule has 21 heavy (non-hydrogen) atoms. The van der Waals surface area contributed by atoms with Gasteiger partial charge < -0.3 is 9.47 Å². The van der Waals surface area contributed by atoms with E-state index in [-0.39, 0.29) is 0 Å². The largest absolute Gasteiger partial charge is 0.497 e. The van der Waals surface area contributed by atoms with E-state index in [1.54, 1.807) is 19.5 Å². The molecule has 3 aliphatic rings. The van der Waals surface area contributed by atoms with E-state index in [0.29, 0.717) is 0 Å². The van der Waals surface area contributed by atoms with E-state index < -0.39 is 13.1 Å². The van der Waals surface area contributed by atoms with Gasteiger partial charge in [0.15, 0.2) is 0 Å². The summed E-state index contributed by atoms with van der Waals surface area (Å²) in [6.45, 7) is 0. The highest BCUT2D eigenvalue weighted by molar-refractivity contribution is 9.88. The molecule has 3 saturated heterocycles. The predicted molar refractivity (Wildman–Crippen MR) is 102 cm³/mol. The molecule has 0 amide bonds. The van der Waals surface area contributed by atoms with E-state index in [0.717, 1.165) is 19.0 Å². The zero-order valence-corrected chi connectivity index (χ0v) is 16.0. The van der Waals surface area contributed by atoms with Crippen LogP contribution in [0.4, 0.5) is 0 Å². The van der Waals surface area contributed by atoms with Crippen molar-refractivity contribution in [1.29, 1.82) is 0 Å². The first-order chi connectivity index (χ1) is 10.2. The van der Waals surface area contributed by atoms with Crippen molar-refractivity contribution < 1.29 is 9.47 Å². The van der Waals surface area contributed by atoms with Gasteiger partial charge in [0.1, 0.15) is 45.1 Å². The van der Waals surface area contributed by atoms with Crippen molar-refractivity contribution in [3.63, 3.8) is 0 Å². The molecule has 0 N–H and O–H groups in total. The average molecular weight is 373 g/mol. The van der Waals surface area contributed by atoms with Gasteiger partial charge in [-0.05, 0) is 48.5 Å². The molecule has 7 heteroatoms. The minimum absolute atomic E-state index is 0.598. The standard InChI is InChI=1S/C14H15O2P2S3/c1-15-11-3-7-13(8-4-11)18-17-21(19-18,20-18)14-9-5-12(16-2)6-10-14/h3-10,17H,1-2H3/q+1. The van der Waals surface area contributed by atoms with Crippen LogP contribution >= 0.6 is 41.4 Å². The summed E-state index contributed by atoms with van der Waals surface area (Å²) in [6, 6.07) is 17.4. The fourth-order valence-electron chi connectivity index (χ4n) is 2.28. The molecule has 3 heterocycles. The van der Waals surface area contributed by atoms with E-state index in [1.807, 2.05) is 0 Å². The van der Waals surface area contributed by atoms with Crippen LogP contribution in [0.5, 0.6) is 11.5 Å². The minimum Gasteiger partial charge on any atom is -0.497 e. The Bertz CT molecular complexity index is 598. The number of hydrogen-bond acceptors (Lipinski definition) is 4. The van der Waals surface area contributed by atoms with Crippen LogP contribution in [0.3, 0.4) is 0 Å². The van der Waals surface area contributed by atoms with Crippen molar-refractivity contribution in [2.45, 2.75) is 4.90 Å². The van der Waals surface area contributed by atoms with Crippen LogP contribution < -0.4 is 14.8 Å². The lowest BCUT2D eigenvalue weighted by atomic mass is 10.3. The van der Waals surface area contributed by atoms with Crippen LogP contribution in [0.25, 0.3) is 0 Å². The fraction of sp³-hybridized carbons (Fsp3) is 0.143. The second-order valence-electron chi connectivity index (χ2n) is 4.67. The molecule has 2 nitrogen and oxygen atoms in total. The lowest BCUT2D eigenvalue weighted by molar-refractivity contribution is 0.414. The van der Waals surface area contributed by atoms with Crippen molar-refractivity contribution in [3.05, 3.63) is 48.5 Å². The molecule has 3 fully saturated rings. The Hall–Kier alpha value is -0.0500. The topological polar surface area (TPSA) is 18.5 Å². The third-order valence-electron chi connectivity index (χ3n) is 3.44. The van der Waals surface area contributed by atoms with Gasteiger partial charge in [-0.3, -0.25) is 0 Å². The SMILES string of the molecule is COc1ccc([P+]23PS(c4ccc(OC)cc4)(S2)S3)cc1. The van der Waals surface area contributed by atoms with Crippen LogP contribution in [0.1, 0.15) is 0 Å². The van der Waals surface area contributed by atoms with Crippen molar-refractivity contribution in [1.82, 2.24) is 0 Å². The second-order valence-corrected chi connectivity index (χ2v) is 29.2. The molecule has 1 unspecified atom stereocenters. The molecular formula is C14H15O2P2S3+. The van der Waals surface area contributed by atoms with Crippen LogP contribution in [0.2, 0.25) is 0 Å². The molecule has 1 atom stereocenters. The van der Waals surface area contributed by atoms with E-state index >= 15 is 0 Å². The van der Waals surface area contributed by atoms with E-state index in [9.17, 15) is 0 Å². The summed E-state index contributed by atoms with van der Waals surface area (Å²) in [5.74, 6) is 1.90. The van der Waals surface area contributed by atoms with E-state index in [2.05, 4.69) is 69.4 Å². The molecule has 2 bridgehead atoms. The molecule has 2 aromatic carbocycles. The van der Waals surface area contributed by atoms with Gasteiger partial charge in [-0.1, -0.05) is 0 Å². The maximum absolute atomic E-state index is 5.25. The molecule has 0 spiro atoms. The Morgan fingerprint density at radius 2 is 1.33 bits per heavy atom. The predicted octanol–water partition coefficient (Wildman–Crippen LogP) is 5.87. The average Bonchev–Trinajstić information content (AvgIpc) is 2.46. The monoisotopic (exact) mass is 373 g/mol. The highest BCUT2D eigenvalue weighted by atomic mass is 34.2. The van der Waals surface area contributed by atoms with Gasteiger partial charge >= 0.3 is 0 Å². The van der Waals surface area contributed by atoms with Gasteiger partial charge in [0, 0.05) is 12.6 Å². The van der Waals surface area contributed by atoms with Crippen LogP contribution in [0, 0.1) is 0 Å². The highest BCUT2D eigenvalue weighted by Crippen LogP contribution is 3.36. The number of benzene rings is 2. The quantitative estimate of drug-likeness (QED) is 0.492. The molecule has 110 valence electrons. The number of methoxy groups -OCH3 is 2. The van der Waals surface area contributed by atoms with Crippen molar-refractivity contribution >= 4 is 46.7 Å². The van der Waals surface area contributed by atoms with Gasteiger partial charge in [0.05, 0.1) is 14.2 Å². The lowest BCUT2D eigenvalue weighted by Gasteiger charge is -2.59. The Morgan fingerprint density at radius 3 is 1.81 bits per heavy atom. The summed E-state index contributed by atoms with van der Waals surface area (Å²) in [5, 5.41) is 0.621. The van der Waals surface area contributed by atoms with Crippen molar-refractivity contribution in [3.8, 4) is 11.5 Å². The Balaban J connectivity index is 1.51. The first-order valence-electron chi connectivity index (χ1n) is 6.42. The van der Waals surface area contributed by atoms with Crippen LogP contribution in [-0.4, -0.2) is 14.2 Å². The Kier molecular flexibility index (Phi) is 3.63. The zero-order chi connectivity index (χ0) is 14.5. The summed E-state index contributed by atoms with van der Waals surface area (Å²) in [6.07, 6.45) is 0. The summed E-state index contributed by atoms with van der Waals surface area (Å²) in [4.78, 5) is 1.52. The fourth-order valence-corrected chi connectivity index (χ4v) is 61.6. The second kappa shape index (κ2) is 5.25. The van der Waals surface area contributed by atoms with Gasteiger partial charge in [0.25, 0.3) is 0 Å². The number of ether oxygens (including phenoxy) is 2. The summed E-state index contributed by atoms with van der Waals surface area (Å²) in [5.41, 5.74) is 0. The third-order valence-corrected chi connectivity index (χ3v) is 49.1. The van der Waals surface area contributed by atoms with Gasteiger partial charge in [0.2, 0.25) is 5.35 Å². The number of hydrogen-bond donors (Lipinski definition) is 0. The summed E-state index contributed by atoms with van der Waals surface area (Å²) in [7, 11) is 8.51. The first kappa shape index (κ1) is 14.5. The minimum atomic E-state index is -0.920. The van der Waals surface area contributed by atoms with Gasteiger partial charge in [-0.2, -0.15) is 0 Å². The molecule has 0 aliphatic carbocycles. The Morgan fingerprint density at radius 1 is 0.857 bits per heavy atom. The van der Waals surface area contributed by atoms with Crippen LogP contribution in [0.15, 0.2) is 53.4 Å². The molecule has 0 radical (unpaired) electrons. The molecule has 3 aliphatic heterocycles. The smallest absolute Gasteiger partial charge is 0.214 e. The van der Waals surface area contributed by atoms with Crippen molar-refractivity contribution in [2.75, 3.05) is 14.2 Å². The molecule has 0 saturated carbocycles. The number of rotatable bonds is 4. The lowest BCUT2D eigenvalue weighted by Crippen LogP contribution is -2.17. The van der Waals surface area contributed by atoms with Gasteiger partial charge in [-0.25, -0.2) is 0 Å². The highest BCUT2D eigenvalue weighted by Gasteiger charge is 2.81. The van der Waals surface area contributed by atoms with E-state index in [4.69, 9.17) is 9.47 Å². The summed E-state index contributed by atoms with van der Waals surface area (Å²) < 4.78 is 10.5. The molecular weight excluding hydrogens is 358 g/mol. The normalized spacial score (nSPS) is 33.4. The zero-order valence-electron chi connectivity index (χ0n) is 11.6. The van der Waals surface area contributed by atoms with Gasteiger partial charge in [-0.15, -0.1) is 0 Å². The molecule has 5 rings (SSSR count). The van der Waals surface area contributed by atoms with Crippen molar-refractivity contribution in [2.24, 2.45) is 0 Å². The molecule has 0 aromatic heterocycles. The first-order valence-corrected chi connectivity index (χ1v) is 16.3. The Labute approximate surface area is 135 Å². The maximum atomic E-state index is 5.25. The maximum Gasteiger partial charge on any atom is 0.214 e. The van der Waals surface area contributed by atoms with Crippen LogP contribution in [-0.2, 0) is 0 Å². The summed E-state index contributed by atoms with van der Waals surface area (Å²) >= 11 is 0.